The molecule has 1 amide bonds. The number of nitrogens with zero attached hydrogens (tertiary/aromatic N) is 3. The summed E-state index contributed by atoms with van der Waals surface area (Å²) in [5.74, 6) is 0.102. The standard InChI is InChI=1S/C29H31N5O2/c1-2-10-31-29(35)28-18-23-17-24(7-9-27(23)36-28)34-14-12-33(13-15-34)11-4-3-5-22-20-32-26-8-6-21(19-30)16-25(22)26/h2,6-9,16-18,20,32H,1,3-5,10-15H2,(H,31,35). The number of benzene rings is 2. The second kappa shape index (κ2) is 10.7. The smallest absolute Gasteiger partial charge is 0.287 e. The van der Waals surface area contributed by atoms with Crippen molar-refractivity contribution in [1.82, 2.24) is 15.2 Å². The van der Waals surface area contributed by atoms with E-state index in [1.807, 2.05) is 30.3 Å². The Morgan fingerprint density at radius 1 is 1.14 bits per heavy atom. The van der Waals surface area contributed by atoms with Gasteiger partial charge in [-0.3, -0.25) is 9.69 Å². The van der Waals surface area contributed by atoms with E-state index in [9.17, 15) is 10.1 Å². The molecule has 0 bridgehead atoms. The van der Waals surface area contributed by atoms with E-state index in [1.165, 1.54) is 10.9 Å². The Hall–Kier alpha value is -4.02. The predicted molar refractivity (Wildman–Crippen MR) is 143 cm³/mol. The minimum absolute atomic E-state index is 0.224. The molecule has 4 aromatic rings. The number of amides is 1. The molecule has 2 N–H and O–H groups in total. The van der Waals surface area contributed by atoms with Gasteiger partial charge in [0.2, 0.25) is 0 Å². The van der Waals surface area contributed by atoms with Gasteiger partial charge in [-0.2, -0.15) is 5.26 Å². The van der Waals surface area contributed by atoms with E-state index in [2.05, 4.69) is 51.1 Å². The molecule has 0 spiro atoms. The molecule has 1 saturated heterocycles. The zero-order chi connectivity index (χ0) is 24.9. The summed E-state index contributed by atoms with van der Waals surface area (Å²) in [5, 5.41) is 14.0. The second-order valence-corrected chi connectivity index (χ2v) is 9.30. The van der Waals surface area contributed by atoms with E-state index in [0.717, 1.165) is 74.2 Å². The molecular weight excluding hydrogens is 450 g/mol. The summed E-state index contributed by atoms with van der Waals surface area (Å²) >= 11 is 0. The van der Waals surface area contributed by atoms with Gasteiger partial charge >= 0.3 is 0 Å². The maximum atomic E-state index is 12.2. The van der Waals surface area contributed by atoms with Crippen LogP contribution in [0.3, 0.4) is 0 Å². The molecule has 7 heteroatoms. The summed E-state index contributed by atoms with van der Waals surface area (Å²) in [6.45, 7) is 9.18. The summed E-state index contributed by atoms with van der Waals surface area (Å²) in [6, 6.07) is 16.0. The van der Waals surface area contributed by atoms with Gasteiger partial charge in [-0.1, -0.05) is 6.08 Å². The maximum absolute atomic E-state index is 12.2. The van der Waals surface area contributed by atoms with Crippen molar-refractivity contribution in [3.05, 3.63) is 78.2 Å². The van der Waals surface area contributed by atoms with E-state index < -0.39 is 0 Å². The first kappa shape index (κ1) is 23.7. The number of carbonyl (C=O) groups excluding carboxylic acids is 1. The molecule has 5 rings (SSSR count). The van der Waals surface area contributed by atoms with Crippen LogP contribution < -0.4 is 10.2 Å². The first-order valence-electron chi connectivity index (χ1n) is 12.5. The van der Waals surface area contributed by atoms with Crippen molar-refractivity contribution >= 4 is 33.5 Å². The monoisotopic (exact) mass is 481 g/mol. The first-order valence-corrected chi connectivity index (χ1v) is 12.5. The van der Waals surface area contributed by atoms with Crippen LogP contribution in [0.25, 0.3) is 21.9 Å². The molecule has 36 heavy (non-hydrogen) atoms. The molecule has 0 radical (unpaired) electrons. The van der Waals surface area contributed by atoms with Crippen molar-refractivity contribution in [3.8, 4) is 6.07 Å². The van der Waals surface area contributed by atoms with Gasteiger partial charge in [0, 0.05) is 60.9 Å². The molecule has 7 nitrogen and oxygen atoms in total. The minimum atomic E-state index is -0.224. The number of unbranched alkanes of at least 4 members (excludes halogenated alkanes) is 1. The number of H-pyrrole nitrogens is 1. The number of piperazine rings is 1. The highest BCUT2D eigenvalue weighted by molar-refractivity contribution is 5.96. The molecule has 1 aliphatic heterocycles. The fourth-order valence-electron chi connectivity index (χ4n) is 4.93. The van der Waals surface area contributed by atoms with E-state index in [4.69, 9.17) is 4.42 Å². The highest BCUT2D eigenvalue weighted by atomic mass is 16.3. The topological polar surface area (TPSA) is 88.3 Å². The van der Waals surface area contributed by atoms with Crippen LogP contribution in [-0.4, -0.2) is 55.1 Å². The van der Waals surface area contributed by atoms with E-state index in [1.54, 1.807) is 6.08 Å². The van der Waals surface area contributed by atoms with Gasteiger partial charge < -0.3 is 19.6 Å². The van der Waals surface area contributed by atoms with Crippen LogP contribution in [0, 0.1) is 11.3 Å². The quantitative estimate of drug-likeness (QED) is 0.264. The number of fused-ring (bicyclic) bond motifs is 2. The molecule has 0 unspecified atom stereocenters. The average Bonchev–Trinajstić information content (AvgIpc) is 3.53. The van der Waals surface area contributed by atoms with Gasteiger partial charge in [0.25, 0.3) is 5.91 Å². The van der Waals surface area contributed by atoms with Gasteiger partial charge in [-0.05, 0) is 73.8 Å². The van der Waals surface area contributed by atoms with Crippen LogP contribution in [0.1, 0.15) is 34.5 Å². The van der Waals surface area contributed by atoms with Gasteiger partial charge in [-0.15, -0.1) is 6.58 Å². The maximum Gasteiger partial charge on any atom is 0.287 e. The number of anilines is 1. The lowest BCUT2D eigenvalue weighted by Gasteiger charge is -2.36. The molecule has 0 atom stereocenters. The number of nitriles is 1. The number of carbonyl (C=O) groups is 1. The SMILES string of the molecule is C=CCNC(=O)c1cc2cc(N3CCN(CCCCc4c[nH]c5ccc(C#N)cc45)CC3)ccc2o1. The summed E-state index contributed by atoms with van der Waals surface area (Å²) in [7, 11) is 0. The van der Waals surface area contributed by atoms with E-state index >= 15 is 0 Å². The van der Waals surface area contributed by atoms with Crippen LogP contribution in [0.15, 0.2) is 65.7 Å². The molecule has 0 aliphatic carbocycles. The Morgan fingerprint density at radius 3 is 2.81 bits per heavy atom. The number of aromatic nitrogens is 1. The second-order valence-electron chi connectivity index (χ2n) is 9.30. The van der Waals surface area contributed by atoms with Crippen LogP contribution in [0.4, 0.5) is 5.69 Å². The molecule has 3 heterocycles. The minimum Gasteiger partial charge on any atom is -0.451 e. The normalized spacial score (nSPS) is 14.2. The third-order valence-corrected chi connectivity index (χ3v) is 6.94. The van der Waals surface area contributed by atoms with Crippen molar-refractivity contribution in [2.45, 2.75) is 19.3 Å². The van der Waals surface area contributed by atoms with Crippen molar-refractivity contribution in [1.29, 1.82) is 5.26 Å². The van der Waals surface area contributed by atoms with Crippen LogP contribution in [-0.2, 0) is 6.42 Å². The Labute approximate surface area is 211 Å². The summed E-state index contributed by atoms with van der Waals surface area (Å²) in [5.41, 5.74) is 4.99. The summed E-state index contributed by atoms with van der Waals surface area (Å²) in [6.07, 6.45) is 7.03. The van der Waals surface area contributed by atoms with Crippen LogP contribution >= 0.6 is 0 Å². The molecule has 2 aromatic heterocycles. The zero-order valence-electron chi connectivity index (χ0n) is 20.4. The van der Waals surface area contributed by atoms with Crippen molar-refractivity contribution in [2.24, 2.45) is 0 Å². The summed E-state index contributed by atoms with van der Waals surface area (Å²) < 4.78 is 5.71. The number of aromatic amines is 1. The van der Waals surface area contributed by atoms with E-state index in [0.29, 0.717) is 17.9 Å². The summed E-state index contributed by atoms with van der Waals surface area (Å²) in [4.78, 5) is 20.4. The predicted octanol–water partition coefficient (Wildman–Crippen LogP) is 4.85. The highest BCUT2D eigenvalue weighted by Crippen LogP contribution is 2.26. The molecule has 0 saturated carbocycles. The Morgan fingerprint density at radius 2 is 2.00 bits per heavy atom. The van der Waals surface area contributed by atoms with Gasteiger partial charge in [0.15, 0.2) is 5.76 Å². The molecule has 2 aromatic carbocycles. The van der Waals surface area contributed by atoms with Gasteiger partial charge in [0.05, 0.1) is 11.6 Å². The molecule has 184 valence electrons. The van der Waals surface area contributed by atoms with Crippen molar-refractivity contribution in [2.75, 3.05) is 44.2 Å². The zero-order valence-corrected chi connectivity index (χ0v) is 20.4. The highest BCUT2D eigenvalue weighted by Gasteiger charge is 2.18. The lowest BCUT2D eigenvalue weighted by molar-refractivity contribution is 0.0932. The number of aryl methyl sites for hydroxylation is 1. The van der Waals surface area contributed by atoms with Gasteiger partial charge in [-0.25, -0.2) is 0 Å². The number of hydrogen-bond acceptors (Lipinski definition) is 5. The molecule has 1 fully saturated rings. The number of furan rings is 1. The lowest BCUT2D eigenvalue weighted by Crippen LogP contribution is -2.46. The average molecular weight is 482 g/mol. The largest absolute Gasteiger partial charge is 0.451 e. The fourth-order valence-corrected chi connectivity index (χ4v) is 4.93. The number of nitrogens with one attached hydrogen (secondary N) is 2. The third-order valence-electron chi connectivity index (χ3n) is 6.94. The van der Waals surface area contributed by atoms with Gasteiger partial charge in [0.1, 0.15) is 5.58 Å². The fraction of sp³-hybridized carbons (Fsp3) is 0.310. The number of hydrogen-bond donors (Lipinski definition) is 2. The Bertz CT molecular complexity index is 1420. The van der Waals surface area contributed by atoms with Crippen LogP contribution in [0.2, 0.25) is 0 Å². The number of rotatable bonds is 9. The first-order chi connectivity index (χ1) is 17.6. The Kier molecular flexibility index (Phi) is 7.06. The Balaban J connectivity index is 1.10. The van der Waals surface area contributed by atoms with Crippen molar-refractivity contribution in [3.63, 3.8) is 0 Å². The lowest BCUT2D eigenvalue weighted by atomic mass is 10.1. The molecule has 1 aliphatic rings. The van der Waals surface area contributed by atoms with E-state index in [-0.39, 0.29) is 5.91 Å². The van der Waals surface area contributed by atoms with Crippen molar-refractivity contribution < 1.29 is 9.21 Å². The van der Waals surface area contributed by atoms with Crippen LogP contribution in [0.5, 0.6) is 0 Å². The molecular formula is C29H31N5O2. The third kappa shape index (κ3) is 5.14.